The molecule has 16 rings (SSSR count). The van der Waals surface area contributed by atoms with Crippen LogP contribution in [0.1, 0.15) is 156 Å². The van der Waals surface area contributed by atoms with E-state index in [0.29, 0.717) is 157 Å². The number of benzene rings is 8. The Balaban J connectivity index is 0.000000135. The standard InChI is InChI=1S/C10H9ClO2.C10H7F3O2.2C10H10O2.C9H7BrO2.C9H6Cl2O2.C9H7ClO2.C9H7IO2/c1-6-2-3-7(11)9-8(12)4-5-13-10(6)9;11-10(12,13)6-1-2-9-7(5-6)8(14)3-4-15-9;2*1-7-2-3-10-8(6-7)9(11)4-5-12-10;10-6-1-2-9-7(5-6)8(11)3-4-12-9;10-5-3-6-8(12)1-2-13-9(6)7(11)4-5;2*10-6-1-2-9-7(5-6)8(11)3-4-12-9/h2-3H,4-5H2,1H3;1-2,5H,3-4H2;2*2-3,6H,4-5H2,1H3;1-2,5H,3-4H2;3-4H,1-2H2;2*1-2,5H,3-4H2. The summed E-state index contributed by atoms with van der Waals surface area (Å²) >= 11 is 28.7. The highest BCUT2D eigenvalue weighted by Gasteiger charge is 2.33. The van der Waals surface area contributed by atoms with Gasteiger partial charge in [0.25, 0.3) is 0 Å². The Kier molecular flexibility index (Phi) is 27.0. The summed E-state index contributed by atoms with van der Waals surface area (Å²) in [6.45, 7) is 9.51. The van der Waals surface area contributed by atoms with E-state index < -0.39 is 11.7 Å². The summed E-state index contributed by atoms with van der Waals surface area (Å²) in [4.78, 5) is 90.9. The average molecular weight is 1640 g/mol. The Hall–Kier alpha value is -8.32. The number of halogens is 9. The van der Waals surface area contributed by atoms with Gasteiger partial charge in [-0.3, -0.25) is 38.4 Å². The molecule has 0 aromatic heterocycles. The zero-order valence-corrected chi connectivity index (χ0v) is 61.2. The predicted octanol–water partition coefficient (Wildman–Crippen LogP) is 19.1. The summed E-state index contributed by atoms with van der Waals surface area (Å²) in [5, 5.41) is 1.93. The second-order valence-corrected chi connectivity index (χ2v) is 27.0. The average Bonchev–Trinajstić information content (AvgIpc) is 0.830. The zero-order valence-electron chi connectivity index (χ0n) is 54.4. The minimum atomic E-state index is -4.42. The smallest absolute Gasteiger partial charge is 0.416 e. The molecule has 8 aliphatic heterocycles. The van der Waals surface area contributed by atoms with Crippen molar-refractivity contribution in [2.75, 3.05) is 52.9 Å². The summed E-state index contributed by atoms with van der Waals surface area (Å²) in [6, 6.07) is 37.4. The molecule has 25 heteroatoms. The van der Waals surface area contributed by atoms with Crippen molar-refractivity contribution in [3.8, 4) is 46.0 Å². The number of hydrogen-bond acceptors (Lipinski definition) is 16. The van der Waals surface area contributed by atoms with Crippen molar-refractivity contribution >= 4 is 131 Å². The van der Waals surface area contributed by atoms with Gasteiger partial charge in [0.15, 0.2) is 46.3 Å². The van der Waals surface area contributed by atoms with Gasteiger partial charge in [0.2, 0.25) is 0 Å². The Morgan fingerprint density at radius 2 is 0.703 bits per heavy atom. The van der Waals surface area contributed by atoms with Crippen LogP contribution in [-0.4, -0.2) is 99.1 Å². The number of aryl methyl sites for hydroxylation is 3. The first-order valence-corrected chi connectivity index (χ1v) is 35.0. The maximum Gasteiger partial charge on any atom is 0.416 e. The van der Waals surface area contributed by atoms with Gasteiger partial charge in [0.05, 0.1) is 113 Å². The van der Waals surface area contributed by atoms with Gasteiger partial charge in [-0.15, -0.1) is 0 Å². The molecule has 0 unspecified atom stereocenters. The molecule has 16 nitrogen and oxygen atoms in total. The summed E-state index contributed by atoms with van der Waals surface area (Å²) in [5.41, 5.74) is 6.92. The van der Waals surface area contributed by atoms with Crippen LogP contribution in [0, 0.1) is 24.3 Å². The van der Waals surface area contributed by atoms with Crippen molar-refractivity contribution in [1.82, 2.24) is 0 Å². The SMILES string of the molecule is Cc1ccc(Cl)c2c1OCCC2=O.Cc1ccc2c(c1)C(=O)CCO2.Cc1ccc2c(c1)C(=O)CCO2.O=C1CCOc2c(Cl)cc(Cl)cc21.O=C1CCOc2ccc(Br)cc21.O=C1CCOc2ccc(C(F)(F)F)cc21.O=C1CCOc2ccc(Cl)cc21.O=C1CCOc2ccc(I)cc21. The number of Topliss-reactive ketones (excluding diaryl/α,β-unsaturated/α-hetero) is 8. The van der Waals surface area contributed by atoms with E-state index in [2.05, 4.69) is 38.5 Å². The minimum Gasteiger partial charge on any atom is -0.492 e. The number of rotatable bonds is 0. The lowest BCUT2D eigenvalue weighted by Gasteiger charge is -2.18. The molecule has 0 amide bonds. The largest absolute Gasteiger partial charge is 0.492 e. The van der Waals surface area contributed by atoms with Crippen LogP contribution in [0.4, 0.5) is 13.2 Å². The number of carbonyl (C=O) groups excluding carboxylic acids is 8. The second-order valence-electron chi connectivity index (χ2n) is 23.1. The molecule has 0 bridgehead atoms. The maximum absolute atomic E-state index is 12.3. The zero-order chi connectivity index (χ0) is 72.7. The van der Waals surface area contributed by atoms with Crippen LogP contribution in [0.2, 0.25) is 20.1 Å². The maximum atomic E-state index is 12.3. The third-order valence-electron chi connectivity index (χ3n) is 15.8. The first-order valence-electron chi connectivity index (χ1n) is 31.6. The third-order valence-corrected chi connectivity index (χ3v) is 18.0. The molecule has 101 heavy (non-hydrogen) atoms. The quantitative estimate of drug-likeness (QED) is 0.129. The van der Waals surface area contributed by atoms with Crippen molar-refractivity contribution in [1.29, 1.82) is 0 Å². The molecule has 0 fully saturated rings. The first kappa shape index (κ1) is 76.9. The Labute approximate surface area is 621 Å². The van der Waals surface area contributed by atoms with Crippen LogP contribution < -0.4 is 37.9 Å². The van der Waals surface area contributed by atoms with Gasteiger partial charge in [-0.25, -0.2) is 0 Å². The predicted molar refractivity (Wildman–Crippen MR) is 387 cm³/mol. The molecule has 0 radical (unpaired) electrons. The monoisotopic (exact) mass is 1630 g/mol. The lowest BCUT2D eigenvalue weighted by molar-refractivity contribution is -0.137. The van der Waals surface area contributed by atoms with Crippen LogP contribution in [0.25, 0.3) is 0 Å². The lowest BCUT2D eigenvalue weighted by atomic mass is 10.0. The number of fused-ring (bicyclic) bond motifs is 8. The van der Waals surface area contributed by atoms with Crippen molar-refractivity contribution in [3.63, 3.8) is 0 Å². The van der Waals surface area contributed by atoms with Crippen LogP contribution in [-0.2, 0) is 6.18 Å². The molecule has 0 N–H and O–H groups in total. The summed E-state index contributed by atoms with van der Waals surface area (Å²) in [6.07, 6.45) is -1.00. The summed E-state index contributed by atoms with van der Waals surface area (Å²) in [7, 11) is 0. The molecule has 8 aromatic rings. The van der Waals surface area contributed by atoms with E-state index in [0.717, 1.165) is 70.8 Å². The molecule has 0 spiro atoms. The van der Waals surface area contributed by atoms with E-state index in [1.54, 1.807) is 42.5 Å². The van der Waals surface area contributed by atoms with Gasteiger partial charge < -0.3 is 37.9 Å². The number of alkyl halides is 3. The van der Waals surface area contributed by atoms with Crippen LogP contribution in [0.5, 0.6) is 46.0 Å². The molecule has 0 aliphatic carbocycles. The molecular formula is C76H63BrCl4F3IO16. The Bertz CT molecular complexity index is 4130. The van der Waals surface area contributed by atoms with Crippen molar-refractivity contribution in [3.05, 3.63) is 228 Å². The summed E-state index contributed by atoms with van der Waals surface area (Å²) in [5.74, 6) is 5.56. The first-order chi connectivity index (χ1) is 48.2. The van der Waals surface area contributed by atoms with Crippen LogP contribution in [0.15, 0.2) is 138 Å². The Morgan fingerprint density at radius 1 is 0.347 bits per heavy atom. The van der Waals surface area contributed by atoms with E-state index in [4.69, 9.17) is 84.3 Å². The van der Waals surface area contributed by atoms with Crippen LogP contribution in [0.3, 0.4) is 0 Å². The van der Waals surface area contributed by atoms with Gasteiger partial charge in [0, 0.05) is 69.5 Å². The minimum absolute atomic E-state index is 0.0241. The molecule has 8 aromatic carbocycles. The highest BCUT2D eigenvalue weighted by molar-refractivity contribution is 14.1. The number of ether oxygens (including phenoxy) is 8. The van der Waals surface area contributed by atoms with E-state index in [9.17, 15) is 51.5 Å². The third kappa shape index (κ3) is 20.7. The van der Waals surface area contributed by atoms with Gasteiger partial charge in [-0.05, 0) is 164 Å². The van der Waals surface area contributed by atoms with Crippen LogP contribution >= 0.6 is 84.9 Å². The normalized spacial score (nSPS) is 15.3. The van der Waals surface area contributed by atoms with E-state index in [-0.39, 0.29) is 70.6 Å². The number of carbonyl (C=O) groups is 8. The van der Waals surface area contributed by atoms with E-state index >= 15 is 0 Å². The molecular weight excluding hydrogens is 1570 g/mol. The van der Waals surface area contributed by atoms with Gasteiger partial charge >= 0.3 is 6.18 Å². The molecule has 8 aliphatic rings. The van der Waals surface area contributed by atoms with E-state index in [1.165, 1.54) is 6.07 Å². The van der Waals surface area contributed by atoms with Crippen molar-refractivity contribution in [2.24, 2.45) is 0 Å². The lowest BCUT2D eigenvalue weighted by Crippen LogP contribution is -2.16. The number of ketones is 8. The van der Waals surface area contributed by atoms with Crippen molar-refractivity contribution < 1.29 is 89.4 Å². The molecule has 0 saturated carbocycles. The molecule has 526 valence electrons. The highest BCUT2D eigenvalue weighted by atomic mass is 127. The van der Waals surface area contributed by atoms with Gasteiger partial charge in [0.1, 0.15) is 46.0 Å². The topological polar surface area (TPSA) is 210 Å². The fraction of sp³-hybridized carbons (Fsp3) is 0.263. The highest BCUT2D eigenvalue weighted by Crippen LogP contribution is 2.38. The second kappa shape index (κ2) is 35.5. The van der Waals surface area contributed by atoms with Gasteiger partial charge in [-0.2, -0.15) is 13.2 Å². The summed E-state index contributed by atoms with van der Waals surface area (Å²) < 4.78 is 81.3. The fourth-order valence-corrected chi connectivity index (χ4v) is 12.5. The number of hydrogen-bond donors (Lipinski definition) is 0. The molecule has 0 atom stereocenters. The molecule has 0 saturated heterocycles. The van der Waals surface area contributed by atoms with Gasteiger partial charge in [-0.1, -0.05) is 91.7 Å². The Morgan fingerprint density at radius 3 is 1.17 bits per heavy atom. The van der Waals surface area contributed by atoms with Crippen molar-refractivity contribution in [2.45, 2.75) is 78.3 Å². The van der Waals surface area contributed by atoms with E-state index in [1.807, 2.05) is 93.6 Å². The fourth-order valence-electron chi connectivity index (χ4n) is 10.7. The molecule has 8 heterocycles.